The third kappa shape index (κ3) is 10.2. The number of phenols is 2. The number of nitrogens with zero attached hydrogens (tertiary/aromatic N) is 2. The number of nitrogens with one attached hydrogen (secondary N) is 4. The predicted molar refractivity (Wildman–Crippen MR) is 223 cm³/mol. The summed E-state index contributed by atoms with van der Waals surface area (Å²) in [5.74, 6) is -0.107. The second-order valence-electron chi connectivity index (χ2n) is 13.5. The number of aryl methyl sites for hydroxylation is 1. The molecular formula is C45H38N6O10. The number of rotatable bonds is 14. The van der Waals surface area contributed by atoms with Crippen LogP contribution in [0.5, 0.6) is 23.0 Å². The predicted octanol–water partition coefficient (Wildman–Crippen LogP) is 6.21. The Morgan fingerprint density at radius 2 is 1.23 bits per heavy atom. The van der Waals surface area contributed by atoms with Gasteiger partial charge in [0.1, 0.15) is 5.56 Å². The highest BCUT2D eigenvalue weighted by Gasteiger charge is 2.26. The standard InChI is InChI=1S/C45H38N6O10/c1-25-4-6-26(7-5-25)8-9-27-10-12-28(13-11-27)37(52)23-30(22-32-24-46-51-50-32)43(56)47-31-16-14-29(15-17-31)42(55)48-35-20-18-33(38(53)40(35)60-2)44(57)49-36-21-19-34(45(58)59)39(54)41(36)61-3/h4-7,10-21,24,30,53-54H,22-23H2,1-3H3,(H,47,56)(H,48,55)(H,49,57)(H,58,59)(H,46,50,51)/t30-/m1/s1. The van der Waals surface area contributed by atoms with E-state index >= 15 is 0 Å². The van der Waals surface area contributed by atoms with Crippen LogP contribution in [0.25, 0.3) is 0 Å². The first-order valence-electron chi connectivity index (χ1n) is 18.5. The normalized spacial score (nSPS) is 11.0. The number of hydrogen-bond donors (Lipinski definition) is 7. The zero-order chi connectivity index (χ0) is 43.6. The number of ketones is 1. The van der Waals surface area contributed by atoms with Crippen molar-refractivity contribution in [2.45, 2.75) is 19.8 Å². The summed E-state index contributed by atoms with van der Waals surface area (Å²) in [6.45, 7) is 2.00. The van der Waals surface area contributed by atoms with Crippen LogP contribution >= 0.6 is 0 Å². The summed E-state index contributed by atoms with van der Waals surface area (Å²) in [4.78, 5) is 64.8. The van der Waals surface area contributed by atoms with Crippen LogP contribution in [0.15, 0.2) is 103 Å². The number of aromatic hydroxyl groups is 2. The van der Waals surface area contributed by atoms with E-state index in [0.29, 0.717) is 16.9 Å². The lowest BCUT2D eigenvalue weighted by Gasteiger charge is -2.17. The molecule has 5 aromatic carbocycles. The Hall–Kier alpha value is -8.45. The van der Waals surface area contributed by atoms with Crippen LogP contribution in [0.2, 0.25) is 0 Å². The molecule has 1 heterocycles. The molecule has 0 fully saturated rings. The zero-order valence-corrected chi connectivity index (χ0v) is 32.9. The number of carbonyl (C=O) groups excluding carboxylic acids is 4. The lowest BCUT2D eigenvalue weighted by Crippen LogP contribution is -2.27. The van der Waals surface area contributed by atoms with Gasteiger partial charge in [0.05, 0.1) is 49.0 Å². The summed E-state index contributed by atoms with van der Waals surface area (Å²) in [5.41, 5.74) is 3.38. The number of aromatic nitrogens is 3. The lowest BCUT2D eigenvalue weighted by molar-refractivity contribution is -0.119. The first-order chi connectivity index (χ1) is 29.3. The van der Waals surface area contributed by atoms with E-state index in [1.807, 2.05) is 31.2 Å². The Morgan fingerprint density at radius 3 is 1.79 bits per heavy atom. The van der Waals surface area contributed by atoms with Crippen LogP contribution in [-0.2, 0) is 11.2 Å². The minimum Gasteiger partial charge on any atom is -0.504 e. The summed E-state index contributed by atoms with van der Waals surface area (Å²) >= 11 is 0. The van der Waals surface area contributed by atoms with Crippen LogP contribution in [-0.4, -0.2) is 74.4 Å². The molecule has 61 heavy (non-hydrogen) atoms. The first-order valence-corrected chi connectivity index (χ1v) is 18.5. The molecule has 0 saturated heterocycles. The number of carboxylic acids is 1. The van der Waals surface area contributed by atoms with E-state index in [9.17, 15) is 39.3 Å². The smallest absolute Gasteiger partial charge is 0.339 e. The Morgan fingerprint density at radius 1 is 0.689 bits per heavy atom. The molecule has 16 nitrogen and oxygen atoms in total. The van der Waals surface area contributed by atoms with Crippen molar-refractivity contribution in [3.63, 3.8) is 0 Å². The molecule has 7 N–H and O–H groups in total. The van der Waals surface area contributed by atoms with Gasteiger partial charge in [0, 0.05) is 40.8 Å². The number of aromatic carboxylic acids is 1. The molecule has 1 atom stereocenters. The van der Waals surface area contributed by atoms with Gasteiger partial charge in [-0.15, -0.1) is 0 Å². The van der Waals surface area contributed by atoms with Crippen molar-refractivity contribution in [2.24, 2.45) is 5.92 Å². The maximum absolute atomic E-state index is 13.6. The maximum atomic E-state index is 13.6. The maximum Gasteiger partial charge on any atom is 0.339 e. The number of amides is 3. The number of anilines is 3. The molecule has 0 bridgehead atoms. The average molecular weight is 823 g/mol. The fourth-order valence-corrected chi connectivity index (χ4v) is 6.14. The minimum absolute atomic E-state index is 0.0187. The van der Waals surface area contributed by atoms with E-state index in [0.717, 1.165) is 22.8 Å². The highest BCUT2D eigenvalue weighted by atomic mass is 16.5. The lowest BCUT2D eigenvalue weighted by atomic mass is 9.93. The molecule has 6 rings (SSSR count). The fourth-order valence-electron chi connectivity index (χ4n) is 6.14. The van der Waals surface area contributed by atoms with Gasteiger partial charge in [-0.2, -0.15) is 15.4 Å². The number of aromatic amines is 1. The van der Waals surface area contributed by atoms with E-state index < -0.39 is 46.7 Å². The third-order valence-electron chi connectivity index (χ3n) is 9.39. The molecule has 0 radical (unpaired) electrons. The number of Topliss-reactive ketones (excluding diaryl/α,β-unsaturated/α-hetero) is 1. The van der Waals surface area contributed by atoms with Gasteiger partial charge in [0.2, 0.25) is 5.91 Å². The van der Waals surface area contributed by atoms with Crippen molar-refractivity contribution < 1.29 is 48.8 Å². The molecule has 0 aliphatic heterocycles. The fraction of sp³-hybridized carbons (Fsp3) is 0.133. The number of carboxylic acid groups (broad SMARTS) is 1. The van der Waals surface area contributed by atoms with Crippen molar-refractivity contribution in [3.05, 3.63) is 148 Å². The van der Waals surface area contributed by atoms with E-state index in [1.54, 1.807) is 24.3 Å². The second-order valence-corrected chi connectivity index (χ2v) is 13.5. The summed E-state index contributed by atoms with van der Waals surface area (Å²) in [6, 6.07) is 25.5. The van der Waals surface area contributed by atoms with Crippen molar-refractivity contribution in [2.75, 3.05) is 30.2 Å². The van der Waals surface area contributed by atoms with E-state index in [4.69, 9.17) is 9.47 Å². The molecule has 1 aromatic heterocycles. The molecule has 6 aromatic rings. The second kappa shape index (κ2) is 18.9. The molecule has 308 valence electrons. The van der Waals surface area contributed by atoms with E-state index in [2.05, 4.69) is 43.2 Å². The van der Waals surface area contributed by atoms with Gasteiger partial charge in [-0.25, -0.2) is 4.79 Å². The average Bonchev–Trinajstić information content (AvgIpc) is 3.77. The molecule has 0 unspecified atom stereocenters. The number of methoxy groups -OCH3 is 2. The van der Waals surface area contributed by atoms with Gasteiger partial charge in [-0.1, -0.05) is 41.7 Å². The Bertz CT molecular complexity index is 2670. The van der Waals surface area contributed by atoms with Crippen molar-refractivity contribution in [1.82, 2.24) is 15.4 Å². The summed E-state index contributed by atoms with van der Waals surface area (Å²) in [5, 5.41) is 48.8. The summed E-state index contributed by atoms with van der Waals surface area (Å²) in [7, 11) is 2.39. The molecular weight excluding hydrogens is 785 g/mol. The van der Waals surface area contributed by atoms with Crippen molar-refractivity contribution in [1.29, 1.82) is 0 Å². The summed E-state index contributed by atoms with van der Waals surface area (Å²) in [6.07, 6.45) is 1.48. The van der Waals surface area contributed by atoms with Gasteiger partial charge in [0.25, 0.3) is 11.8 Å². The third-order valence-corrected chi connectivity index (χ3v) is 9.39. The highest BCUT2D eigenvalue weighted by Crippen LogP contribution is 2.40. The van der Waals surface area contributed by atoms with E-state index in [-0.39, 0.29) is 52.6 Å². The van der Waals surface area contributed by atoms with Gasteiger partial charge in [-0.05, 0) is 79.7 Å². The molecule has 16 heteroatoms. The number of carbonyl (C=O) groups is 5. The molecule has 3 amide bonds. The quantitative estimate of drug-likeness (QED) is 0.0479. The Balaban J connectivity index is 1.10. The van der Waals surface area contributed by atoms with E-state index in [1.165, 1.54) is 62.9 Å². The largest absolute Gasteiger partial charge is 0.504 e. The number of hydrogen-bond acceptors (Lipinski definition) is 11. The zero-order valence-electron chi connectivity index (χ0n) is 32.9. The van der Waals surface area contributed by atoms with Gasteiger partial charge in [-0.3, -0.25) is 19.2 Å². The molecule has 0 aliphatic carbocycles. The van der Waals surface area contributed by atoms with Gasteiger partial charge in [0.15, 0.2) is 28.8 Å². The first kappa shape index (κ1) is 42.2. The molecule has 0 saturated carbocycles. The monoisotopic (exact) mass is 822 g/mol. The number of benzene rings is 5. The Kier molecular flexibility index (Phi) is 13.0. The van der Waals surface area contributed by atoms with Gasteiger partial charge < -0.3 is 40.7 Å². The summed E-state index contributed by atoms with van der Waals surface area (Å²) < 4.78 is 10.4. The molecule has 0 spiro atoms. The van der Waals surface area contributed by atoms with Gasteiger partial charge >= 0.3 is 5.97 Å². The van der Waals surface area contributed by atoms with Crippen LogP contribution in [0, 0.1) is 24.7 Å². The van der Waals surface area contributed by atoms with Crippen LogP contribution in [0.3, 0.4) is 0 Å². The highest BCUT2D eigenvalue weighted by molar-refractivity contribution is 6.10. The number of H-pyrrole nitrogens is 1. The SMILES string of the molecule is COc1c(NC(=O)c2ccc(NC(=O)c3ccc(NC(=O)[C@@H](CC(=O)c4ccc(C#Cc5ccc(C)cc5)cc4)Cc4cn[nH]n4)cc3)c(OC)c2O)ccc(C(=O)O)c1O. The number of phenolic OH excluding ortho intramolecular Hbond substituents is 1. The Labute approximate surface area is 348 Å². The molecule has 0 aliphatic rings. The van der Waals surface area contributed by atoms with Crippen LogP contribution < -0.4 is 25.4 Å². The minimum atomic E-state index is -1.41. The van der Waals surface area contributed by atoms with Crippen LogP contribution in [0.4, 0.5) is 17.1 Å². The number of ether oxygens (including phenoxy) is 2. The van der Waals surface area contributed by atoms with Crippen molar-refractivity contribution in [3.8, 4) is 34.8 Å². The van der Waals surface area contributed by atoms with Crippen molar-refractivity contribution >= 4 is 46.5 Å². The topological polar surface area (TPSA) is 242 Å². The van der Waals surface area contributed by atoms with Crippen LogP contribution in [0.1, 0.15) is 70.2 Å².